The van der Waals surface area contributed by atoms with Crippen molar-refractivity contribution in [2.45, 2.75) is 0 Å². The SMILES string of the molecule is c1ccc(-c2ccc3oc4cc(-c5nc(-c6cccc(-c7cccc8sc9ccccc9c78)c6)nc(-c6ccc7c(c6)oc6ccccc67)n5)ccc4c3c2)cc1. The van der Waals surface area contributed by atoms with Gasteiger partial charge in [-0.05, 0) is 82.9 Å². The lowest BCUT2D eigenvalue weighted by molar-refractivity contribution is 0.668. The van der Waals surface area contributed by atoms with Gasteiger partial charge in [0.05, 0.1) is 0 Å². The molecule has 57 heavy (non-hydrogen) atoms. The Hall–Kier alpha value is -7.41. The molecule has 12 aromatic rings. The molecule has 8 aromatic carbocycles. The van der Waals surface area contributed by atoms with Gasteiger partial charge >= 0.3 is 0 Å². The Labute approximate surface area is 330 Å². The molecule has 0 fully saturated rings. The molecule has 0 spiro atoms. The van der Waals surface area contributed by atoms with Crippen molar-refractivity contribution in [3.8, 4) is 56.4 Å². The van der Waals surface area contributed by atoms with Crippen LogP contribution in [0.1, 0.15) is 0 Å². The molecule has 0 bridgehead atoms. The van der Waals surface area contributed by atoms with E-state index in [1.54, 1.807) is 0 Å². The highest BCUT2D eigenvalue weighted by Gasteiger charge is 2.18. The minimum absolute atomic E-state index is 0.559. The van der Waals surface area contributed by atoms with E-state index < -0.39 is 0 Å². The van der Waals surface area contributed by atoms with Crippen molar-refractivity contribution in [2.75, 3.05) is 0 Å². The summed E-state index contributed by atoms with van der Waals surface area (Å²) in [4.78, 5) is 15.4. The monoisotopic (exact) mass is 747 g/mol. The molecule has 266 valence electrons. The third-order valence-electron chi connectivity index (χ3n) is 10.9. The number of para-hydroxylation sites is 1. The molecule has 12 rings (SSSR count). The average molecular weight is 748 g/mol. The van der Waals surface area contributed by atoms with Gasteiger partial charge in [-0.1, -0.05) is 115 Å². The molecule has 0 aliphatic heterocycles. The Balaban J connectivity index is 1.02. The van der Waals surface area contributed by atoms with E-state index in [0.717, 1.165) is 71.7 Å². The Morgan fingerprint density at radius 3 is 1.63 bits per heavy atom. The predicted molar refractivity (Wildman–Crippen MR) is 234 cm³/mol. The van der Waals surface area contributed by atoms with Crippen LogP contribution in [0, 0.1) is 0 Å². The first-order chi connectivity index (χ1) is 28.2. The van der Waals surface area contributed by atoms with Crippen LogP contribution in [0.4, 0.5) is 0 Å². The van der Waals surface area contributed by atoms with Crippen LogP contribution in [0.25, 0.3) is 120 Å². The molecule has 0 aliphatic rings. The van der Waals surface area contributed by atoms with Crippen LogP contribution >= 0.6 is 11.3 Å². The smallest absolute Gasteiger partial charge is 0.164 e. The quantitative estimate of drug-likeness (QED) is 0.175. The van der Waals surface area contributed by atoms with E-state index >= 15 is 0 Å². The summed E-state index contributed by atoms with van der Waals surface area (Å²) in [5, 5.41) is 6.77. The van der Waals surface area contributed by atoms with Crippen molar-refractivity contribution < 1.29 is 8.83 Å². The Morgan fingerprint density at radius 1 is 0.316 bits per heavy atom. The zero-order valence-electron chi connectivity index (χ0n) is 30.3. The third kappa shape index (κ3) is 5.26. The normalized spacial score (nSPS) is 11.9. The van der Waals surface area contributed by atoms with Crippen molar-refractivity contribution in [1.29, 1.82) is 0 Å². The molecule has 0 unspecified atom stereocenters. The summed E-state index contributed by atoms with van der Waals surface area (Å²) in [6.45, 7) is 0. The summed E-state index contributed by atoms with van der Waals surface area (Å²) < 4.78 is 15.3. The molecule has 6 heteroatoms. The van der Waals surface area contributed by atoms with Crippen LogP contribution in [-0.4, -0.2) is 15.0 Å². The molecule has 5 nitrogen and oxygen atoms in total. The fraction of sp³-hybridized carbons (Fsp3) is 0. The molecule has 0 saturated carbocycles. The fourth-order valence-corrected chi connectivity index (χ4v) is 9.33. The summed E-state index contributed by atoms with van der Waals surface area (Å²) in [5.41, 5.74) is 10.4. The third-order valence-corrected chi connectivity index (χ3v) is 12.1. The highest BCUT2D eigenvalue weighted by Crippen LogP contribution is 2.41. The highest BCUT2D eigenvalue weighted by atomic mass is 32.1. The van der Waals surface area contributed by atoms with Crippen LogP contribution in [0.3, 0.4) is 0 Å². The molecule has 0 amide bonds. The lowest BCUT2D eigenvalue weighted by atomic mass is 9.98. The predicted octanol–water partition coefficient (Wildman–Crippen LogP) is 14.4. The summed E-state index contributed by atoms with van der Waals surface area (Å²) in [6, 6.07) is 61.0. The van der Waals surface area contributed by atoms with Crippen molar-refractivity contribution >= 4 is 75.4 Å². The minimum Gasteiger partial charge on any atom is -0.456 e. The summed E-state index contributed by atoms with van der Waals surface area (Å²) in [5.74, 6) is 1.70. The van der Waals surface area contributed by atoms with Crippen LogP contribution in [0.15, 0.2) is 185 Å². The van der Waals surface area contributed by atoms with Gasteiger partial charge in [0, 0.05) is 58.4 Å². The van der Waals surface area contributed by atoms with Gasteiger partial charge in [-0.15, -0.1) is 11.3 Å². The molecular weight excluding hydrogens is 719 g/mol. The largest absolute Gasteiger partial charge is 0.456 e. The molecule has 0 N–H and O–H groups in total. The average Bonchev–Trinajstić information content (AvgIpc) is 3.97. The molecule has 0 aliphatic carbocycles. The van der Waals surface area contributed by atoms with Crippen molar-refractivity contribution in [3.05, 3.63) is 176 Å². The second-order valence-corrected chi connectivity index (χ2v) is 15.4. The zero-order valence-corrected chi connectivity index (χ0v) is 31.1. The van der Waals surface area contributed by atoms with Gasteiger partial charge in [0.1, 0.15) is 22.3 Å². The Morgan fingerprint density at radius 2 is 0.860 bits per heavy atom. The number of benzene rings is 8. The highest BCUT2D eigenvalue weighted by molar-refractivity contribution is 7.25. The first kappa shape index (κ1) is 31.9. The molecular formula is C51H29N3O2S. The first-order valence-electron chi connectivity index (χ1n) is 18.9. The van der Waals surface area contributed by atoms with E-state index in [0.29, 0.717) is 17.5 Å². The number of hydrogen-bond donors (Lipinski definition) is 0. The maximum Gasteiger partial charge on any atom is 0.164 e. The van der Waals surface area contributed by atoms with E-state index in [2.05, 4.69) is 140 Å². The van der Waals surface area contributed by atoms with Crippen LogP contribution in [0.5, 0.6) is 0 Å². The number of nitrogens with zero attached hydrogens (tertiary/aromatic N) is 3. The lowest BCUT2D eigenvalue weighted by Crippen LogP contribution is -2.00. The molecule has 0 atom stereocenters. The van der Waals surface area contributed by atoms with E-state index in [-0.39, 0.29) is 0 Å². The molecule has 4 heterocycles. The second kappa shape index (κ2) is 12.6. The van der Waals surface area contributed by atoms with Crippen molar-refractivity contribution in [2.24, 2.45) is 0 Å². The Kier molecular flexibility index (Phi) is 7.03. The van der Waals surface area contributed by atoms with Crippen molar-refractivity contribution in [1.82, 2.24) is 15.0 Å². The second-order valence-electron chi connectivity index (χ2n) is 14.4. The molecule has 4 aromatic heterocycles. The number of hydrogen-bond acceptors (Lipinski definition) is 6. The van der Waals surface area contributed by atoms with Gasteiger partial charge in [-0.2, -0.15) is 0 Å². The topological polar surface area (TPSA) is 65.0 Å². The van der Waals surface area contributed by atoms with Gasteiger partial charge in [0.25, 0.3) is 0 Å². The van der Waals surface area contributed by atoms with E-state index in [4.69, 9.17) is 23.8 Å². The van der Waals surface area contributed by atoms with Crippen molar-refractivity contribution in [3.63, 3.8) is 0 Å². The lowest BCUT2D eigenvalue weighted by Gasteiger charge is -2.10. The summed E-state index contributed by atoms with van der Waals surface area (Å²) in [7, 11) is 0. The van der Waals surface area contributed by atoms with Crippen LogP contribution in [-0.2, 0) is 0 Å². The summed E-state index contributed by atoms with van der Waals surface area (Å²) >= 11 is 1.83. The number of aromatic nitrogens is 3. The maximum atomic E-state index is 6.45. The van der Waals surface area contributed by atoms with E-state index in [1.165, 1.54) is 31.3 Å². The summed E-state index contributed by atoms with van der Waals surface area (Å²) in [6.07, 6.45) is 0. The minimum atomic E-state index is 0.559. The number of thiophene rings is 1. The van der Waals surface area contributed by atoms with E-state index in [1.807, 2.05) is 47.7 Å². The standard InChI is InChI=1S/C51H29N3O2S/c1-2-10-30(11-3-1)31-22-25-43-41(27-31)39-24-21-35(29-45(39)56-43)51-53-49(52-50(54-51)34-20-23-38-37-14-4-6-17-42(37)55-44(38)28-34)33-13-8-12-32(26-33)36-16-9-19-47-48(36)40-15-5-7-18-46(40)57-47/h1-29H. The van der Waals surface area contributed by atoms with E-state index in [9.17, 15) is 0 Å². The molecule has 0 radical (unpaired) electrons. The Bertz CT molecular complexity index is 3540. The van der Waals surface area contributed by atoms with Gasteiger partial charge in [0.2, 0.25) is 0 Å². The number of furan rings is 2. The number of rotatable bonds is 5. The first-order valence-corrected chi connectivity index (χ1v) is 19.7. The maximum absolute atomic E-state index is 6.45. The fourth-order valence-electron chi connectivity index (χ4n) is 8.20. The van der Waals surface area contributed by atoms with Gasteiger partial charge in [-0.3, -0.25) is 0 Å². The van der Waals surface area contributed by atoms with Crippen LogP contribution < -0.4 is 0 Å². The van der Waals surface area contributed by atoms with Gasteiger partial charge in [0.15, 0.2) is 17.5 Å². The zero-order chi connectivity index (χ0) is 37.5. The molecule has 0 saturated heterocycles. The van der Waals surface area contributed by atoms with Gasteiger partial charge < -0.3 is 8.83 Å². The van der Waals surface area contributed by atoms with Crippen LogP contribution in [0.2, 0.25) is 0 Å². The number of fused-ring (bicyclic) bond motifs is 9. The van der Waals surface area contributed by atoms with Gasteiger partial charge in [-0.25, -0.2) is 15.0 Å².